The van der Waals surface area contributed by atoms with Crippen molar-refractivity contribution in [2.45, 2.75) is 33.6 Å². The van der Waals surface area contributed by atoms with Crippen LogP contribution in [0.25, 0.3) is 0 Å². The molecule has 0 radical (unpaired) electrons. The van der Waals surface area contributed by atoms with E-state index in [1.165, 1.54) is 0 Å². The van der Waals surface area contributed by atoms with E-state index in [2.05, 4.69) is 55.4 Å². The molecule has 0 fully saturated rings. The number of hydrogen-bond acceptors (Lipinski definition) is 5. The molecule has 102 valence electrons. The van der Waals surface area contributed by atoms with Crippen LogP contribution in [0.15, 0.2) is 9.85 Å². The molecule has 19 heavy (non-hydrogen) atoms. The zero-order chi connectivity index (χ0) is 13.8. The molecular weight excluding hydrogens is 324 g/mol. The first-order chi connectivity index (χ1) is 9.13. The molecule has 2 rings (SSSR count). The summed E-state index contributed by atoms with van der Waals surface area (Å²) in [5.41, 5.74) is 2.09. The molecule has 0 bridgehead atoms. The molecule has 1 N–H and O–H groups in total. The number of halogens is 1. The third-order valence-corrected chi connectivity index (χ3v) is 4.42. The van der Waals surface area contributed by atoms with Crippen LogP contribution in [-0.4, -0.2) is 21.5 Å². The highest BCUT2D eigenvalue weighted by Gasteiger charge is 2.12. The third kappa shape index (κ3) is 3.51. The fourth-order valence-corrected chi connectivity index (χ4v) is 3.13. The topological polar surface area (TPSA) is 50.7 Å². The molecule has 0 spiro atoms. The normalized spacial score (nSPS) is 10.7. The maximum Gasteiger partial charge on any atom is 0.144 e. The first-order valence-electron chi connectivity index (χ1n) is 6.34. The maximum atomic E-state index is 4.61. The summed E-state index contributed by atoms with van der Waals surface area (Å²) in [7, 11) is 0. The minimum absolute atomic E-state index is 0.692. The van der Waals surface area contributed by atoms with Gasteiger partial charge in [0.05, 0.1) is 16.6 Å². The Kier molecular flexibility index (Phi) is 4.87. The highest BCUT2D eigenvalue weighted by molar-refractivity contribution is 9.10. The van der Waals surface area contributed by atoms with E-state index in [-0.39, 0.29) is 0 Å². The van der Waals surface area contributed by atoms with Crippen LogP contribution in [-0.2, 0) is 12.8 Å². The van der Waals surface area contributed by atoms with Gasteiger partial charge >= 0.3 is 0 Å². The van der Waals surface area contributed by atoms with Gasteiger partial charge in [0.1, 0.15) is 16.6 Å². The summed E-state index contributed by atoms with van der Waals surface area (Å²) >= 11 is 5.22. The second-order valence-electron chi connectivity index (χ2n) is 4.19. The molecule has 6 heteroatoms. The van der Waals surface area contributed by atoms with Gasteiger partial charge in [0.25, 0.3) is 0 Å². The lowest BCUT2D eigenvalue weighted by atomic mass is 10.3. The Balaban J connectivity index is 2.31. The summed E-state index contributed by atoms with van der Waals surface area (Å²) in [5, 5.41) is 6.38. The van der Waals surface area contributed by atoms with Crippen LogP contribution < -0.4 is 5.32 Å². The molecule has 0 saturated heterocycles. The van der Waals surface area contributed by atoms with Crippen LogP contribution in [0.1, 0.15) is 36.1 Å². The van der Waals surface area contributed by atoms with Gasteiger partial charge in [0.2, 0.25) is 0 Å². The Morgan fingerprint density at radius 1 is 1.26 bits per heavy atom. The van der Waals surface area contributed by atoms with E-state index < -0.39 is 0 Å². The predicted octanol–water partition coefficient (Wildman–Crippen LogP) is 3.59. The minimum atomic E-state index is 0.692. The summed E-state index contributed by atoms with van der Waals surface area (Å²) in [6.45, 7) is 7.00. The van der Waals surface area contributed by atoms with Gasteiger partial charge in [-0.2, -0.15) is 0 Å². The smallest absolute Gasteiger partial charge is 0.144 e. The van der Waals surface area contributed by atoms with Crippen molar-refractivity contribution < 1.29 is 0 Å². The average Bonchev–Trinajstić information content (AvgIpc) is 2.79. The van der Waals surface area contributed by atoms with Crippen LogP contribution in [0.4, 0.5) is 5.82 Å². The monoisotopic (exact) mass is 340 g/mol. The van der Waals surface area contributed by atoms with Gasteiger partial charge in [0, 0.05) is 17.6 Å². The number of aryl methyl sites for hydroxylation is 2. The zero-order valence-electron chi connectivity index (χ0n) is 11.3. The standard InChI is InChI=1S/C13H17BrN4S/c1-4-9-12(14)13(15-5-2)18-10(17-9)6-11-16-8(3)7-19-11/h7H,4-6H2,1-3H3,(H,15,17,18). The lowest BCUT2D eigenvalue weighted by Crippen LogP contribution is -2.08. The highest BCUT2D eigenvalue weighted by Crippen LogP contribution is 2.25. The molecule has 0 aliphatic rings. The quantitative estimate of drug-likeness (QED) is 0.903. The zero-order valence-corrected chi connectivity index (χ0v) is 13.7. The summed E-state index contributed by atoms with van der Waals surface area (Å²) in [6, 6.07) is 0. The molecular formula is C13H17BrN4S. The Morgan fingerprint density at radius 2 is 2.05 bits per heavy atom. The van der Waals surface area contributed by atoms with Crippen molar-refractivity contribution >= 4 is 33.1 Å². The van der Waals surface area contributed by atoms with E-state index in [1.807, 2.05) is 6.92 Å². The highest BCUT2D eigenvalue weighted by atomic mass is 79.9. The Hall–Kier alpha value is -1.01. The summed E-state index contributed by atoms with van der Waals surface area (Å²) in [6.07, 6.45) is 1.57. The number of aromatic nitrogens is 3. The Morgan fingerprint density at radius 3 is 2.63 bits per heavy atom. The SMILES string of the molecule is CCNc1nc(Cc2nc(C)cs2)nc(CC)c1Br. The molecule has 0 atom stereocenters. The van der Waals surface area contributed by atoms with Gasteiger partial charge in [-0.15, -0.1) is 11.3 Å². The Labute approximate surface area is 125 Å². The number of nitrogens with one attached hydrogen (secondary N) is 1. The van der Waals surface area contributed by atoms with E-state index in [4.69, 9.17) is 0 Å². The lowest BCUT2D eigenvalue weighted by molar-refractivity contribution is 0.888. The molecule has 0 unspecified atom stereocenters. The fourth-order valence-electron chi connectivity index (χ4n) is 1.76. The number of hydrogen-bond donors (Lipinski definition) is 1. The number of rotatable bonds is 5. The average molecular weight is 341 g/mol. The summed E-state index contributed by atoms with van der Waals surface area (Å²) < 4.78 is 0.968. The van der Waals surface area contributed by atoms with E-state index in [9.17, 15) is 0 Å². The van der Waals surface area contributed by atoms with Gasteiger partial charge < -0.3 is 5.32 Å². The van der Waals surface area contributed by atoms with Crippen molar-refractivity contribution in [2.75, 3.05) is 11.9 Å². The summed E-state index contributed by atoms with van der Waals surface area (Å²) in [4.78, 5) is 13.6. The molecule has 2 aromatic heterocycles. The minimum Gasteiger partial charge on any atom is -0.369 e. The van der Waals surface area contributed by atoms with Crippen LogP contribution in [0.2, 0.25) is 0 Å². The molecule has 4 nitrogen and oxygen atoms in total. The second kappa shape index (κ2) is 6.43. The van der Waals surface area contributed by atoms with Crippen molar-refractivity contribution in [3.8, 4) is 0 Å². The molecule has 0 aliphatic carbocycles. The fraction of sp³-hybridized carbons (Fsp3) is 0.462. The molecule has 0 aliphatic heterocycles. The van der Waals surface area contributed by atoms with Crippen molar-refractivity contribution in [1.29, 1.82) is 0 Å². The van der Waals surface area contributed by atoms with E-state index in [1.54, 1.807) is 11.3 Å². The predicted molar refractivity (Wildman–Crippen MR) is 82.9 cm³/mol. The van der Waals surface area contributed by atoms with Gasteiger partial charge in [-0.05, 0) is 36.2 Å². The maximum absolute atomic E-state index is 4.61. The number of anilines is 1. The first-order valence-corrected chi connectivity index (χ1v) is 8.01. The van der Waals surface area contributed by atoms with Crippen LogP contribution >= 0.6 is 27.3 Å². The molecule has 0 saturated carbocycles. The number of nitrogens with zero attached hydrogens (tertiary/aromatic N) is 3. The third-order valence-electron chi connectivity index (χ3n) is 2.62. The lowest BCUT2D eigenvalue weighted by Gasteiger charge is -2.10. The van der Waals surface area contributed by atoms with Gasteiger partial charge in [-0.1, -0.05) is 6.92 Å². The van der Waals surface area contributed by atoms with Crippen LogP contribution in [0.5, 0.6) is 0 Å². The van der Waals surface area contributed by atoms with Crippen molar-refractivity contribution in [3.63, 3.8) is 0 Å². The van der Waals surface area contributed by atoms with Crippen molar-refractivity contribution in [1.82, 2.24) is 15.0 Å². The van der Waals surface area contributed by atoms with Crippen molar-refractivity contribution in [2.24, 2.45) is 0 Å². The van der Waals surface area contributed by atoms with E-state index in [0.29, 0.717) is 6.42 Å². The van der Waals surface area contributed by atoms with Crippen LogP contribution in [0, 0.1) is 6.92 Å². The Bertz CT molecular complexity index is 568. The number of thiazole rings is 1. The molecule has 0 amide bonds. The molecule has 2 heterocycles. The molecule has 2 aromatic rings. The van der Waals surface area contributed by atoms with Gasteiger partial charge in [-0.3, -0.25) is 0 Å². The van der Waals surface area contributed by atoms with Gasteiger partial charge in [0.15, 0.2) is 0 Å². The summed E-state index contributed by atoms with van der Waals surface area (Å²) in [5.74, 6) is 1.70. The largest absolute Gasteiger partial charge is 0.369 e. The molecule has 0 aromatic carbocycles. The van der Waals surface area contributed by atoms with Crippen molar-refractivity contribution in [3.05, 3.63) is 32.1 Å². The first kappa shape index (κ1) is 14.4. The second-order valence-corrected chi connectivity index (χ2v) is 5.93. The van der Waals surface area contributed by atoms with E-state index in [0.717, 1.165) is 45.5 Å². The van der Waals surface area contributed by atoms with Crippen LogP contribution in [0.3, 0.4) is 0 Å². The van der Waals surface area contributed by atoms with Gasteiger partial charge in [-0.25, -0.2) is 15.0 Å². The van der Waals surface area contributed by atoms with E-state index >= 15 is 0 Å².